The summed E-state index contributed by atoms with van der Waals surface area (Å²) in [6.45, 7) is 0. The second-order valence-corrected chi connectivity index (χ2v) is 5.09. The SMILES string of the molecule is O=C1[C@H]2CCC[C@@H]1[C@H]1CCC[C@@H]2C1=O. The maximum absolute atomic E-state index is 12.0. The van der Waals surface area contributed by atoms with Gasteiger partial charge in [-0.25, -0.2) is 0 Å². The Labute approximate surface area is 84.1 Å². The number of carbonyl (C=O) groups is 2. The Morgan fingerprint density at radius 1 is 0.643 bits per heavy atom. The summed E-state index contributed by atoms with van der Waals surface area (Å²) in [7, 11) is 0. The van der Waals surface area contributed by atoms with E-state index in [4.69, 9.17) is 0 Å². The maximum atomic E-state index is 12.0. The van der Waals surface area contributed by atoms with Gasteiger partial charge >= 0.3 is 0 Å². The lowest BCUT2D eigenvalue weighted by Gasteiger charge is -2.45. The molecule has 2 heteroatoms. The highest BCUT2D eigenvalue weighted by Gasteiger charge is 2.52. The molecule has 4 atom stereocenters. The van der Waals surface area contributed by atoms with Gasteiger partial charge in [0.25, 0.3) is 0 Å². The highest BCUT2D eigenvalue weighted by molar-refractivity contribution is 6.00. The van der Waals surface area contributed by atoms with Crippen molar-refractivity contribution in [2.24, 2.45) is 23.7 Å². The first kappa shape index (κ1) is 8.63. The standard InChI is InChI=1S/C12H16O2/c13-11-7-3-1-4-8(11)10-6-2-5-9(7)12(10)14/h7-10H,1-6H2/t7-,8+,9-,10+. The highest BCUT2D eigenvalue weighted by atomic mass is 16.1. The molecule has 14 heavy (non-hydrogen) atoms. The Kier molecular flexibility index (Phi) is 1.80. The quantitative estimate of drug-likeness (QED) is 0.588. The molecule has 76 valence electrons. The molecule has 0 aromatic carbocycles. The van der Waals surface area contributed by atoms with Gasteiger partial charge in [-0.2, -0.15) is 0 Å². The van der Waals surface area contributed by atoms with Gasteiger partial charge < -0.3 is 0 Å². The Morgan fingerprint density at radius 2 is 0.929 bits per heavy atom. The first-order valence-electron chi connectivity index (χ1n) is 5.86. The zero-order valence-electron chi connectivity index (χ0n) is 8.37. The lowest BCUT2D eigenvalue weighted by Crippen LogP contribution is -2.51. The van der Waals surface area contributed by atoms with Crippen molar-refractivity contribution < 1.29 is 9.59 Å². The molecule has 0 spiro atoms. The molecule has 0 heterocycles. The number of rotatable bonds is 0. The van der Waals surface area contributed by atoms with Crippen molar-refractivity contribution in [1.82, 2.24) is 0 Å². The van der Waals surface area contributed by atoms with E-state index in [9.17, 15) is 9.59 Å². The van der Waals surface area contributed by atoms with E-state index in [2.05, 4.69) is 0 Å². The summed E-state index contributed by atoms with van der Waals surface area (Å²) in [5.74, 6) is 1.36. The zero-order chi connectivity index (χ0) is 9.71. The van der Waals surface area contributed by atoms with E-state index in [1.165, 1.54) is 12.8 Å². The van der Waals surface area contributed by atoms with E-state index in [1.54, 1.807) is 0 Å². The molecule has 0 unspecified atom stereocenters. The normalized spacial score (nSPS) is 46.6. The van der Waals surface area contributed by atoms with Crippen molar-refractivity contribution in [3.05, 3.63) is 0 Å². The van der Waals surface area contributed by atoms with Gasteiger partial charge in [0.05, 0.1) is 0 Å². The number of hydrogen-bond donors (Lipinski definition) is 0. The molecule has 4 bridgehead atoms. The molecular weight excluding hydrogens is 176 g/mol. The van der Waals surface area contributed by atoms with Crippen LogP contribution in [-0.2, 0) is 9.59 Å². The summed E-state index contributed by atoms with van der Waals surface area (Å²) in [5, 5.41) is 0. The zero-order valence-corrected chi connectivity index (χ0v) is 8.37. The Morgan fingerprint density at radius 3 is 1.21 bits per heavy atom. The molecule has 3 aliphatic carbocycles. The van der Waals surface area contributed by atoms with Gasteiger partial charge in [-0.05, 0) is 25.7 Å². The summed E-state index contributed by atoms with van der Waals surface area (Å²) >= 11 is 0. The van der Waals surface area contributed by atoms with Crippen LogP contribution in [0.1, 0.15) is 38.5 Å². The van der Waals surface area contributed by atoms with Gasteiger partial charge in [-0.15, -0.1) is 0 Å². The lowest BCUT2D eigenvalue weighted by atomic mass is 9.56. The Balaban J connectivity index is 2.01. The summed E-state index contributed by atoms with van der Waals surface area (Å²) in [6.07, 6.45) is 6.27. The molecule has 2 nitrogen and oxygen atoms in total. The Hall–Kier alpha value is -0.660. The third-order valence-corrected chi connectivity index (χ3v) is 4.49. The van der Waals surface area contributed by atoms with E-state index < -0.39 is 0 Å². The lowest BCUT2D eigenvalue weighted by molar-refractivity contribution is -0.153. The average Bonchev–Trinajstić information content (AvgIpc) is 2.19. The smallest absolute Gasteiger partial charge is 0.140 e. The topological polar surface area (TPSA) is 34.1 Å². The molecular formula is C12H16O2. The highest BCUT2D eigenvalue weighted by Crippen LogP contribution is 2.48. The van der Waals surface area contributed by atoms with Gasteiger partial charge in [0.1, 0.15) is 11.6 Å². The molecule has 3 saturated carbocycles. The summed E-state index contributed by atoms with van der Waals surface area (Å²) in [5.41, 5.74) is 0. The van der Waals surface area contributed by atoms with E-state index >= 15 is 0 Å². The van der Waals surface area contributed by atoms with E-state index in [0.717, 1.165) is 25.7 Å². The van der Waals surface area contributed by atoms with E-state index in [1.807, 2.05) is 0 Å². The molecule has 0 saturated heterocycles. The van der Waals surface area contributed by atoms with E-state index in [0.29, 0.717) is 11.6 Å². The fourth-order valence-corrected chi connectivity index (χ4v) is 3.83. The molecule has 0 amide bonds. The molecule has 0 aromatic rings. The summed E-state index contributed by atoms with van der Waals surface area (Å²) in [6, 6.07) is 0. The fraction of sp³-hybridized carbons (Fsp3) is 0.833. The monoisotopic (exact) mass is 192 g/mol. The number of ketones is 2. The van der Waals surface area contributed by atoms with E-state index in [-0.39, 0.29) is 23.7 Å². The Bertz CT molecular complexity index is 241. The van der Waals surface area contributed by atoms with Gasteiger partial charge in [0, 0.05) is 23.7 Å². The van der Waals surface area contributed by atoms with Crippen molar-refractivity contribution in [1.29, 1.82) is 0 Å². The van der Waals surface area contributed by atoms with Crippen LogP contribution >= 0.6 is 0 Å². The number of carbonyl (C=O) groups excluding carboxylic acids is 2. The van der Waals surface area contributed by atoms with Crippen LogP contribution in [0.2, 0.25) is 0 Å². The largest absolute Gasteiger partial charge is 0.299 e. The minimum atomic E-state index is 0.123. The predicted octanol–water partition coefficient (Wildman–Crippen LogP) is 1.97. The first-order chi connectivity index (χ1) is 6.79. The van der Waals surface area contributed by atoms with Crippen molar-refractivity contribution in [2.45, 2.75) is 38.5 Å². The third-order valence-electron chi connectivity index (χ3n) is 4.49. The van der Waals surface area contributed by atoms with Crippen LogP contribution in [0, 0.1) is 23.7 Å². The van der Waals surface area contributed by atoms with Crippen molar-refractivity contribution in [3.8, 4) is 0 Å². The molecule has 0 aliphatic heterocycles. The van der Waals surface area contributed by atoms with Gasteiger partial charge in [-0.3, -0.25) is 9.59 Å². The van der Waals surface area contributed by atoms with Crippen LogP contribution in [0.15, 0.2) is 0 Å². The first-order valence-corrected chi connectivity index (χ1v) is 5.86. The van der Waals surface area contributed by atoms with Crippen LogP contribution in [0.5, 0.6) is 0 Å². The minimum Gasteiger partial charge on any atom is -0.299 e. The summed E-state index contributed by atoms with van der Waals surface area (Å²) < 4.78 is 0. The molecule has 3 rings (SSSR count). The number of fused-ring (bicyclic) bond motifs is 6. The van der Waals surface area contributed by atoms with Crippen molar-refractivity contribution >= 4 is 11.6 Å². The van der Waals surface area contributed by atoms with Gasteiger partial charge in [0.15, 0.2) is 0 Å². The number of Topliss-reactive ketones (excluding diaryl/α,β-unsaturated/α-hetero) is 2. The van der Waals surface area contributed by atoms with Crippen LogP contribution in [-0.4, -0.2) is 11.6 Å². The van der Waals surface area contributed by atoms with Crippen LogP contribution < -0.4 is 0 Å². The second-order valence-electron chi connectivity index (χ2n) is 5.09. The average molecular weight is 192 g/mol. The molecule has 3 fully saturated rings. The molecule has 0 radical (unpaired) electrons. The number of hydrogen-bond acceptors (Lipinski definition) is 2. The van der Waals surface area contributed by atoms with Crippen molar-refractivity contribution in [2.75, 3.05) is 0 Å². The van der Waals surface area contributed by atoms with Crippen LogP contribution in [0.4, 0.5) is 0 Å². The molecule has 0 aromatic heterocycles. The van der Waals surface area contributed by atoms with Crippen LogP contribution in [0.25, 0.3) is 0 Å². The third kappa shape index (κ3) is 0.971. The minimum absolute atomic E-state index is 0.123. The predicted molar refractivity (Wildman–Crippen MR) is 51.7 cm³/mol. The van der Waals surface area contributed by atoms with Crippen LogP contribution in [0.3, 0.4) is 0 Å². The second kappa shape index (κ2) is 2.91. The van der Waals surface area contributed by atoms with Gasteiger partial charge in [0.2, 0.25) is 0 Å². The van der Waals surface area contributed by atoms with Crippen molar-refractivity contribution in [3.63, 3.8) is 0 Å². The molecule has 3 aliphatic rings. The fourth-order valence-electron chi connectivity index (χ4n) is 3.83. The maximum Gasteiger partial charge on any atom is 0.140 e. The van der Waals surface area contributed by atoms with Gasteiger partial charge in [-0.1, -0.05) is 12.8 Å². The summed E-state index contributed by atoms with van der Waals surface area (Å²) in [4.78, 5) is 24.0. The molecule has 0 N–H and O–H groups in total.